The minimum Gasteiger partial charge on any atom is -0.495 e. The maximum absolute atomic E-state index is 12.7. The first-order chi connectivity index (χ1) is 13.2. The standard InChI is InChI=1S/C20H22N2O6/c1-11-7-14(8-12(2)19(11)28-10-18(24)25)20(26)22-16-9-15(21-13(3)23)5-6-17(16)27-4/h5-9H,10H2,1-4H3,(H,21,23)(H,22,26)(H,24,25). The topological polar surface area (TPSA) is 114 Å². The number of methoxy groups -OCH3 is 1. The van der Waals surface area contributed by atoms with Gasteiger partial charge in [0, 0.05) is 18.2 Å². The van der Waals surface area contributed by atoms with Crippen LogP contribution in [0.15, 0.2) is 30.3 Å². The van der Waals surface area contributed by atoms with Gasteiger partial charge in [-0.1, -0.05) is 0 Å². The Balaban J connectivity index is 2.27. The van der Waals surface area contributed by atoms with E-state index in [1.165, 1.54) is 14.0 Å². The molecule has 0 aliphatic carbocycles. The van der Waals surface area contributed by atoms with Crippen LogP contribution in [0.5, 0.6) is 11.5 Å². The first kappa shape index (κ1) is 20.8. The molecule has 0 saturated heterocycles. The third-order valence-corrected chi connectivity index (χ3v) is 3.83. The molecule has 8 nitrogen and oxygen atoms in total. The third kappa shape index (κ3) is 5.23. The smallest absolute Gasteiger partial charge is 0.341 e. The van der Waals surface area contributed by atoms with Crippen LogP contribution < -0.4 is 20.1 Å². The van der Waals surface area contributed by atoms with Gasteiger partial charge >= 0.3 is 5.97 Å². The van der Waals surface area contributed by atoms with E-state index < -0.39 is 12.6 Å². The predicted molar refractivity (Wildman–Crippen MR) is 104 cm³/mol. The molecule has 2 aromatic rings. The Kier molecular flexibility index (Phi) is 6.59. The van der Waals surface area contributed by atoms with Gasteiger partial charge in [0.05, 0.1) is 12.8 Å². The fraction of sp³-hybridized carbons (Fsp3) is 0.250. The van der Waals surface area contributed by atoms with Crippen LogP contribution in [0, 0.1) is 13.8 Å². The number of ether oxygens (including phenoxy) is 2. The highest BCUT2D eigenvalue weighted by atomic mass is 16.5. The molecule has 2 aromatic carbocycles. The number of amides is 2. The molecular formula is C20H22N2O6. The highest BCUT2D eigenvalue weighted by molar-refractivity contribution is 6.06. The summed E-state index contributed by atoms with van der Waals surface area (Å²) in [5.74, 6) is -0.812. The van der Waals surface area contributed by atoms with E-state index in [4.69, 9.17) is 14.6 Å². The summed E-state index contributed by atoms with van der Waals surface area (Å²) in [4.78, 5) is 34.7. The number of carbonyl (C=O) groups excluding carboxylic acids is 2. The monoisotopic (exact) mass is 386 g/mol. The summed E-state index contributed by atoms with van der Waals surface area (Å²) in [6, 6.07) is 8.13. The summed E-state index contributed by atoms with van der Waals surface area (Å²) in [5.41, 5.74) is 2.59. The molecule has 0 heterocycles. The molecule has 0 unspecified atom stereocenters. The van der Waals surface area contributed by atoms with Crippen molar-refractivity contribution in [2.45, 2.75) is 20.8 Å². The van der Waals surface area contributed by atoms with Crippen molar-refractivity contribution in [1.29, 1.82) is 0 Å². The first-order valence-corrected chi connectivity index (χ1v) is 8.44. The number of carboxylic acids is 1. The summed E-state index contributed by atoms with van der Waals surface area (Å²) >= 11 is 0. The highest BCUT2D eigenvalue weighted by Crippen LogP contribution is 2.30. The van der Waals surface area contributed by atoms with Crippen molar-refractivity contribution in [3.63, 3.8) is 0 Å². The quantitative estimate of drug-likeness (QED) is 0.674. The number of hydrogen-bond acceptors (Lipinski definition) is 5. The molecule has 3 N–H and O–H groups in total. The van der Waals surface area contributed by atoms with E-state index >= 15 is 0 Å². The Morgan fingerprint density at radius 1 is 1.04 bits per heavy atom. The Hall–Kier alpha value is -3.55. The van der Waals surface area contributed by atoms with Crippen LogP contribution in [0.25, 0.3) is 0 Å². The Labute approximate surface area is 162 Å². The largest absolute Gasteiger partial charge is 0.495 e. The molecule has 0 aromatic heterocycles. The van der Waals surface area contributed by atoms with Crippen LogP contribution in [0.2, 0.25) is 0 Å². The van der Waals surface area contributed by atoms with Crippen molar-refractivity contribution in [2.75, 3.05) is 24.4 Å². The van der Waals surface area contributed by atoms with E-state index in [0.29, 0.717) is 39.6 Å². The second-order valence-corrected chi connectivity index (χ2v) is 6.17. The van der Waals surface area contributed by atoms with Gasteiger partial charge in [0.25, 0.3) is 5.91 Å². The molecular weight excluding hydrogens is 364 g/mol. The zero-order chi connectivity index (χ0) is 20.8. The molecule has 0 spiro atoms. The molecule has 28 heavy (non-hydrogen) atoms. The summed E-state index contributed by atoms with van der Waals surface area (Å²) in [6.45, 7) is 4.40. The van der Waals surface area contributed by atoms with Crippen LogP contribution in [-0.4, -0.2) is 36.6 Å². The number of carbonyl (C=O) groups is 3. The molecule has 0 saturated carbocycles. The lowest BCUT2D eigenvalue weighted by atomic mass is 10.0. The lowest BCUT2D eigenvalue weighted by Gasteiger charge is -2.15. The van der Waals surface area contributed by atoms with Crippen LogP contribution >= 0.6 is 0 Å². The third-order valence-electron chi connectivity index (χ3n) is 3.83. The molecule has 148 valence electrons. The molecule has 0 fully saturated rings. The molecule has 2 rings (SSSR count). The van der Waals surface area contributed by atoms with Gasteiger partial charge in [0.2, 0.25) is 5.91 Å². The van der Waals surface area contributed by atoms with Gasteiger partial charge in [-0.15, -0.1) is 0 Å². The minimum atomic E-state index is -1.08. The van der Waals surface area contributed by atoms with Crippen LogP contribution in [-0.2, 0) is 9.59 Å². The van der Waals surface area contributed by atoms with E-state index in [2.05, 4.69) is 10.6 Å². The van der Waals surface area contributed by atoms with E-state index in [0.717, 1.165) is 0 Å². The Morgan fingerprint density at radius 3 is 2.21 bits per heavy atom. The van der Waals surface area contributed by atoms with Crippen molar-refractivity contribution < 1.29 is 29.0 Å². The van der Waals surface area contributed by atoms with Crippen molar-refractivity contribution >= 4 is 29.2 Å². The molecule has 0 bridgehead atoms. The van der Waals surface area contributed by atoms with Crippen LogP contribution in [0.1, 0.15) is 28.4 Å². The van der Waals surface area contributed by atoms with E-state index in [1.807, 2.05) is 0 Å². The van der Waals surface area contributed by atoms with Crippen molar-refractivity contribution in [3.8, 4) is 11.5 Å². The summed E-state index contributed by atoms with van der Waals surface area (Å²) in [6.07, 6.45) is 0. The number of anilines is 2. The SMILES string of the molecule is COc1ccc(NC(C)=O)cc1NC(=O)c1cc(C)c(OCC(=O)O)c(C)c1. The van der Waals surface area contributed by atoms with Gasteiger partial charge in [-0.2, -0.15) is 0 Å². The van der Waals surface area contributed by atoms with Crippen molar-refractivity contribution in [3.05, 3.63) is 47.0 Å². The van der Waals surface area contributed by atoms with Crippen molar-refractivity contribution in [2.24, 2.45) is 0 Å². The lowest BCUT2D eigenvalue weighted by Crippen LogP contribution is -2.15. The van der Waals surface area contributed by atoms with Gasteiger partial charge in [-0.3, -0.25) is 9.59 Å². The Morgan fingerprint density at radius 2 is 1.68 bits per heavy atom. The lowest BCUT2D eigenvalue weighted by molar-refractivity contribution is -0.139. The fourth-order valence-corrected chi connectivity index (χ4v) is 2.72. The number of benzene rings is 2. The summed E-state index contributed by atoms with van der Waals surface area (Å²) in [5, 5.41) is 14.2. The van der Waals surface area contributed by atoms with Gasteiger partial charge in [-0.25, -0.2) is 4.79 Å². The fourth-order valence-electron chi connectivity index (χ4n) is 2.72. The van der Waals surface area contributed by atoms with E-state index in [9.17, 15) is 14.4 Å². The maximum Gasteiger partial charge on any atom is 0.341 e. The second-order valence-electron chi connectivity index (χ2n) is 6.17. The molecule has 0 atom stereocenters. The molecule has 8 heteroatoms. The number of aryl methyl sites for hydroxylation is 2. The van der Waals surface area contributed by atoms with Gasteiger partial charge in [0.1, 0.15) is 11.5 Å². The van der Waals surface area contributed by atoms with Crippen LogP contribution in [0.4, 0.5) is 11.4 Å². The van der Waals surface area contributed by atoms with Gasteiger partial charge < -0.3 is 25.2 Å². The Bertz CT molecular complexity index is 900. The van der Waals surface area contributed by atoms with Crippen LogP contribution in [0.3, 0.4) is 0 Å². The zero-order valence-electron chi connectivity index (χ0n) is 16.1. The number of hydrogen-bond donors (Lipinski definition) is 3. The minimum absolute atomic E-state index is 0.231. The van der Waals surface area contributed by atoms with E-state index in [1.54, 1.807) is 44.2 Å². The first-order valence-electron chi connectivity index (χ1n) is 8.44. The van der Waals surface area contributed by atoms with E-state index in [-0.39, 0.29) is 11.8 Å². The zero-order valence-corrected chi connectivity index (χ0v) is 16.1. The normalized spacial score (nSPS) is 10.1. The average Bonchev–Trinajstić information content (AvgIpc) is 2.60. The molecule has 0 aliphatic heterocycles. The van der Waals surface area contributed by atoms with Gasteiger partial charge in [-0.05, 0) is 55.3 Å². The second kappa shape index (κ2) is 8.90. The predicted octanol–water partition coefficient (Wildman–Crippen LogP) is 2.99. The summed E-state index contributed by atoms with van der Waals surface area (Å²) in [7, 11) is 1.48. The average molecular weight is 386 g/mol. The number of nitrogens with one attached hydrogen (secondary N) is 2. The van der Waals surface area contributed by atoms with Crippen molar-refractivity contribution in [1.82, 2.24) is 0 Å². The maximum atomic E-state index is 12.7. The molecule has 0 radical (unpaired) electrons. The summed E-state index contributed by atoms with van der Waals surface area (Å²) < 4.78 is 10.5. The molecule has 2 amide bonds. The highest BCUT2D eigenvalue weighted by Gasteiger charge is 2.15. The number of aliphatic carboxylic acids is 1. The van der Waals surface area contributed by atoms with Gasteiger partial charge in [0.15, 0.2) is 6.61 Å². The number of rotatable bonds is 7. The number of carboxylic acid groups (broad SMARTS) is 1. The molecule has 0 aliphatic rings.